The van der Waals surface area contributed by atoms with E-state index >= 15 is 0 Å². The lowest BCUT2D eigenvalue weighted by atomic mass is 9.94. The fourth-order valence-electron chi connectivity index (χ4n) is 2.13. The number of amides is 1. The topological polar surface area (TPSA) is 60.9 Å². The molecule has 1 fully saturated rings. The fraction of sp³-hybridized carbons (Fsp3) is 0.846. The third kappa shape index (κ3) is 4.64. The van der Waals surface area contributed by atoms with Crippen LogP contribution in [0, 0.1) is 5.41 Å². The molecule has 1 N–H and O–H groups in total. The summed E-state index contributed by atoms with van der Waals surface area (Å²) in [6, 6.07) is 0. The molecule has 0 atom stereocenters. The summed E-state index contributed by atoms with van der Waals surface area (Å²) in [4.78, 5) is 26.7. The molecule has 1 amide bonds. The van der Waals surface area contributed by atoms with E-state index in [1.807, 2.05) is 25.7 Å². The number of aliphatic carboxylic acids is 1. The number of hydrogen-bond donors (Lipinski definition) is 1. The Morgan fingerprint density at radius 2 is 1.78 bits per heavy atom. The molecule has 0 aromatic heterocycles. The predicted octanol–water partition coefficient (Wildman–Crippen LogP) is 1.04. The lowest BCUT2D eigenvalue weighted by molar-refractivity contribution is -0.139. The first-order valence-electron chi connectivity index (χ1n) is 6.54. The Morgan fingerprint density at radius 1 is 1.11 bits per heavy atom. The van der Waals surface area contributed by atoms with Gasteiger partial charge in [-0.3, -0.25) is 9.59 Å². The summed E-state index contributed by atoms with van der Waals surface area (Å²) in [5.41, 5.74) is -0.337. The van der Waals surface area contributed by atoms with Gasteiger partial charge >= 0.3 is 5.97 Å². The number of carbonyl (C=O) groups excluding carboxylic acids is 1. The van der Waals surface area contributed by atoms with Crippen LogP contribution in [0.15, 0.2) is 0 Å². The van der Waals surface area contributed by atoms with Gasteiger partial charge in [0, 0.05) is 31.6 Å². The van der Waals surface area contributed by atoms with Crippen LogP contribution in [-0.4, -0.2) is 59.5 Å². The van der Waals surface area contributed by atoms with Gasteiger partial charge in [-0.05, 0) is 13.0 Å². The van der Waals surface area contributed by atoms with Crippen LogP contribution in [0.3, 0.4) is 0 Å². The zero-order valence-electron chi connectivity index (χ0n) is 11.6. The van der Waals surface area contributed by atoms with E-state index in [1.165, 1.54) is 0 Å². The minimum absolute atomic E-state index is 0.174. The van der Waals surface area contributed by atoms with Gasteiger partial charge in [-0.2, -0.15) is 0 Å². The van der Waals surface area contributed by atoms with Crippen molar-refractivity contribution in [2.75, 3.05) is 32.7 Å². The zero-order valence-corrected chi connectivity index (χ0v) is 11.6. The van der Waals surface area contributed by atoms with Crippen molar-refractivity contribution in [2.24, 2.45) is 5.41 Å². The molecular formula is C13H24N2O3. The van der Waals surface area contributed by atoms with Crippen LogP contribution >= 0.6 is 0 Å². The molecule has 1 rings (SSSR count). The summed E-state index contributed by atoms with van der Waals surface area (Å²) in [6.07, 6.45) is 1.09. The maximum Gasteiger partial charge on any atom is 0.304 e. The molecule has 0 saturated carbocycles. The molecule has 5 heteroatoms. The summed E-state index contributed by atoms with van der Waals surface area (Å²) >= 11 is 0. The van der Waals surface area contributed by atoms with Gasteiger partial charge in [0.15, 0.2) is 0 Å². The lowest BCUT2D eigenvalue weighted by Gasteiger charge is -2.28. The second kappa shape index (κ2) is 6.18. The normalized spacial score (nSPS) is 18.5. The van der Waals surface area contributed by atoms with Crippen molar-refractivity contribution in [2.45, 2.75) is 33.6 Å². The molecule has 0 bridgehead atoms. The van der Waals surface area contributed by atoms with Crippen molar-refractivity contribution in [3.63, 3.8) is 0 Å². The molecule has 5 nitrogen and oxygen atoms in total. The lowest BCUT2D eigenvalue weighted by Crippen LogP contribution is -2.41. The van der Waals surface area contributed by atoms with Gasteiger partial charge in [0.1, 0.15) is 0 Å². The van der Waals surface area contributed by atoms with Crippen molar-refractivity contribution >= 4 is 11.9 Å². The molecule has 0 spiro atoms. The number of carboxylic acid groups (broad SMARTS) is 1. The fourth-order valence-corrected chi connectivity index (χ4v) is 2.13. The van der Waals surface area contributed by atoms with E-state index in [0.717, 1.165) is 26.1 Å². The standard InChI is InChI=1S/C13H24N2O3/c1-13(2,3)12(18)15-7-4-6-14(9-10-15)8-5-11(16)17/h4-10H2,1-3H3,(H,16,17). The Hall–Kier alpha value is -1.10. The Labute approximate surface area is 109 Å². The highest BCUT2D eigenvalue weighted by molar-refractivity contribution is 5.81. The van der Waals surface area contributed by atoms with Crippen LogP contribution < -0.4 is 0 Å². The van der Waals surface area contributed by atoms with Gasteiger partial charge in [-0.25, -0.2) is 0 Å². The number of nitrogens with zero attached hydrogens (tertiary/aromatic N) is 2. The molecule has 0 radical (unpaired) electrons. The third-order valence-electron chi connectivity index (χ3n) is 3.16. The van der Waals surface area contributed by atoms with Crippen molar-refractivity contribution in [1.82, 2.24) is 9.80 Å². The van der Waals surface area contributed by atoms with Crippen molar-refractivity contribution < 1.29 is 14.7 Å². The molecule has 1 aliphatic heterocycles. The average Bonchev–Trinajstić information content (AvgIpc) is 2.49. The van der Waals surface area contributed by atoms with Crippen LogP contribution in [0.4, 0.5) is 0 Å². The highest BCUT2D eigenvalue weighted by atomic mass is 16.4. The number of carbonyl (C=O) groups is 2. The Morgan fingerprint density at radius 3 is 2.33 bits per heavy atom. The molecular weight excluding hydrogens is 232 g/mol. The van der Waals surface area contributed by atoms with Gasteiger partial charge in [-0.1, -0.05) is 20.8 Å². The SMILES string of the molecule is CC(C)(C)C(=O)N1CCCN(CCC(=O)O)CC1. The van der Waals surface area contributed by atoms with E-state index in [-0.39, 0.29) is 17.7 Å². The van der Waals surface area contributed by atoms with Crippen LogP contribution in [-0.2, 0) is 9.59 Å². The van der Waals surface area contributed by atoms with Crippen LogP contribution in [0.2, 0.25) is 0 Å². The molecule has 0 aliphatic carbocycles. The number of hydrogen-bond acceptors (Lipinski definition) is 3. The Bertz CT molecular complexity index is 310. The first-order chi connectivity index (χ1) is 8.30. The van der Waals surface area contributed by atoms with Crippen LogP contribution in [0.25, 0.3) is 0 Å². The van der Waals surface area contributed by atoms with Crippen LogP contribution in [0.5, 0.6) is 0 Å². The molecule has 1 aliphatic rings. The van der Waals surface area contributed by atoms with Gasteiger partial charge in [0.05, 0.1) is 6.42 Å². The van der Waals surface area contributed by atoms with E-state index in [1.54, 1.807) is 0 Å². The van der Waals surface area contributed by atoms with E-state index in [0.29, 0.717) is 13.1 Å². The number of rotatable bonds is 3. The maximum absolute atomic E-state index is 12.2. The zero-order chi connectivity index (χ0) is 13.8. The van der Waals surface area contributed by atoms with Gasteiger partial charge in [0.2, 0.25) is 5.91 Å². The van der Waals surface area contributed by atoms with E-state index in [4.69, 9.17) is 5.11 Å². The minimum atomic E-state index is -0.762. The molecule has 1 saturated heterocycles. The third-order valence-corrected chi connectivity index (χ3v) is 3.16. The van der Waals surface area contributed by atoms with Gasteiger partial charge in [0.25, 0.3) is 0 Å². The minimum Gasteiger partial charge on any atom is -0.481 e. The van der Waals surface area contributed by atoms with Gasteiger partial charge < -0.3 is 14.9 Å². The first kappa shape index (κ1) is 15.0. The molecule has 0 aromatic rings. The first-order valence-corrected chi connectivity index (χ1v) is 6.54. The smallest absolute Gasteiger partial charge is 0.304 e. The Balaban J connectivity index is 2.46. The van der Waals surface area contributed by atoms with Crippen molar-refractivity contribution in [3.8, 4) is 0 Å². The average molecular weight is 256 g/mol. The Kier molecular flexibility index (Phi) is 5.14. The predicted molar refractivity (Wildman–Crippen MR) is 69.3 cm³/mol. The van der Waals surface area contributed by atoms with Crippen molar-refractivity contribution in [1.29, 1.82) is 0 Å². The van der Waals surface area contributed by atoms with Gasteiger partial charge in [-0.15, -0.1) is 0 Å². The van der Waals surface area contributed by atoms with Crippen LogP contribution in [0.1, 0.15) is 33.6 Å². The summed E-state index contributed by atoms with van der Waals surface area (Å²) in [5, 5.41) is 8.67. The molecule has 104 valence electrons. The van der Waals surface area contributed by atoms with E-state index < -0.39 is 5.97 Å². The summed E-state index contributed by atoms with van der Waals surface area (Å²) in [7, 11) is 0. The second-order valence-corrected chi connectivity index (χ2v) is 5.88. The molecule has 0 unspecified atom stereocenters. The molecule has 1 heterocycles. The van der Waals surface area contributed by atoms with Crippen molar-refractivity contribution in [3.05, 3.63) is 0 Å². The largest absolute Gasteiger partial charge is 0.481 e. The monoisotopic (exact) mass is 256 g/mol. The number of carboxylic acids is 1. The van der Waals surface area contributed by atoms with E-state index in [9.17, 15) is 9.59 Å². The maximum atomic E-state index is 12.2. The highest BCUT2D eigenvalue weighted by Crippen LogP contribution is 2.18. The summed E-state index contributed by atoms with van der Waals surface area (Å²) < 4.78 is 0. The summed E-state index contributed by atoms with van der Waals surface area (Å²) in [6.45, 7) is 9.51. The summed E-state index contributed by atoms with van der Waals surface area (Å²) in [5.74, 6) is -0.579. The second-order valence-electron chi connectivity index (χ2n) is 5.88. The highest BCUT2D eigenvalue weighted by Gasteiger charge is 2.28. The molecule has 18 heavy (non-hydrogen) atoms. The van der Waals surface area contributed by atoms with E-state index in [2.05, 4.69) is 4.90 Å². The molecule has 0 aromatic carbocycles. The quantitative estimate of drug-likeness (QED) is 0.819.